The summed E-state index contributed by atoms with van der Waals surface area (Å²) < 4.78 is 68.6. The molecular formula is C83H162O17P2. The van der Waals surface area contributed by atoms with Crippen LogP contribution in [0.5, 0.6) is 0 Å². The maximum Gasteiger partial charge on any atom is 0.472 e. The highest BCUT2D eigenvalue weighted by Crippen LogP contribution is 2.45. The lowest BCUT2D eigenvalue weighted by Crippen LogP contribution is -2.30. The van der Waals surface area contributed by atoms with Crippen molar-refractivity contribution in [2.45, 2.75) is 458 Å². The summed E-state index contributed by atoms with van der Waals surface area (Å²) in [4.78, 5) is 72.9. The third-order valence-electron chi connectivity index (χ3n) is 20.2. The van der Waals surface area contributed by atoms with Gasteiger partial charge in [0.05, 0.1) is 26.4 Å². The van der Waals surface area contributed by atoms with Crippen LogP contribution >= 0.6 is 15.6 Å². The second-order valence-corrected chi connectivity index (χ2v) is 33.3. The Labute approximate surface area is 626 Å². The SMILES string of the molecule is CCCCCCCCCCCCCCCCCCCCCCCC(=O)OC[C@H](COP(=O)(O)OC[C@@H](O)COP(=O)(O)OC[C@@H](COC(=O)CCCCCCCCCCC)OC(=O)CCCCCCCCC(C)CC)OC(=O)CCCCCCCCCCCCCCCCCCCCC(C)CC. The van der Waals surface area contributed by atoms with Gasteiger partial charge in [0, 0.05) is 25.7 Å². The maximum absolute atomic E-state index is 13.1. The summed E-state index contributed by atoms with van der Waals surface area (Å²) in [6.45, 7) is 9.64. The molecule has 0 saturated carbocycles. The van der Waals surface area contributed by atoms with Crippen LogP contribution in [0.1, 0.15) is 440 Å². The van der Waals surface area contributed by atoms with Crippen LogP contribution in [0.2, 0.25) is 0 Å². The van der Waals surface area contributed by atoms with Crippen molar-refractivity contribution >= 4 is 39.5 Å². The molecule has 0 saturated heterocycles. The number of hydrogen-bond donors (Lipinski definition) is 3. The van der Waals surface area contributed by atoms with Gasteiger partial charge in [-0.2, -0.15) is 0 Å². The number of rotatable bonds is 82. The van der Waals surface area contributed by atoms with E-state index < -0.39 is 97.5 Å². The van der Waals surface area contributed by atoms with Gasteiger partial charge < -0.3 is 33.8 Å². The molecule has 3 N–H and O–H groups in total. The summed E-state index contributed by atoms with van der Waals surface area (Å²) in [6.07, 6.45) is 65.5. The summed E-state index contributed by atoms with van der Waals surface area (Å²) >= 11 is 0. The van der Waals surface area contributed by atoms with Gasteiger partial charge >= 0.3 is 39.5 Å². The van der Waals surface area contributed by atoms with Crippen molar-refractivity contribution in [1.82, 2.24) is 0 Å². The number of unbranched alkanes of at least 4 members (excludes halogenated alkanes) is 50. The van der Waals surface area contributed by atoms with Gasteiger partial charge in [-0.1, -0.05) is 388 Å². The van der Waals surface area contributed by atoms with Crippen LogP contribution in [-0.4, -0.2) is 96.7 Å². The topological polar surface area (TPSA) is 237 Å². The normalized spacial score (nSPS) is 14.4. The van der Waals surface area contributed by atoms with Crippen molar-refractivity contribution in [2.75, 3.05) is 39.6 Å². The fourth-order valence-electron chi connectivity index (χ4n) is 12.8. The molecule has 19 heteroatoms. The van der Waals surface area contributed by atoms with Gasteiger partial charge in [-0.3, -0.25) is 37.3 Å². The molecule has 17 nitrogen and oxygen atoms in total. The smallest absolute Gasteiger partial charge is 0.462 e. The van der Waals surface area contributed by atoms with Gasteiger partial charge in [0.2, 0.25) is 0 Å². The third-order valence-corrected chi connectivity index (χ3v) is 22.1. The van der Waals surface area contributed by atoms with Crippen LogP contribution in [0.4, 0.5) is 0 Å². The number of aliphatic hydroxyl groups excluding tert-OH is 1. The number of esters is 4. The molecule has 0 aliphatic carbocycles. The number of carbonyl (C=O) groups excluding carboxylic acids is 4. The van der Waals surface area contributed by atoms with Crippen molar-refractivity contribution in [1.29, 1.82) is 0 Å². The molecule has 0 aromatic heterocycles. The van der Waals surface area contributed by atoms with E-state index in [1.165, 1.54) is 257 Å². The molecule has 0 aromatic rings. The highest BCUT2D eigenvalue weighted by molar-refractivity contribution is 7.47. The Morgan fingerprint density at radius 2 is 0.471 bits per heavy atom. The number of aliphatic hydroxyl groups is 1. The molecule has 0 fully saturated rings. The van der Waals surface area contributed by atoms with Gasteiger partial charge in [0.1, 0.15) is 19.3 Å². The minimum Gasteiger partial charge on any atom is -0.462 e. The van der Waals surface area contributed by atoms with Gasteiger partial charge in [0.25, 0.3) is 0 Å². The molecule has 0 spiro atoms. The van der Waals surface area contributed by atoms with Gasteiger partial charge in [-0.15, -0.1) is 0 Å². The first-order chi connectivity index (χ1) is 49.4. The first-order valence-corrected chi connectivity index (χ1v) is 46.1. The van der Waals surface area contributed by atoms with E-state index in [9.17, 15) is 43.2 Å². The zero-order valence-electron chi connectivity index (χ0n) is 66.9. The van der Waals surface area contributed by atoms with Crippen molar-refractivity contribution in [2.24, 2.45) is 11.8 Å². The Bertz CT molecular complexity index is 1960. The van der Waals surface area contributed by atoms with E-state index in [1.54, 1.807) is 0 Å². The molecule has 0 bridgehead atoms. The van der Waals surface area contributed by atoms with E-state index in [0.717, 1.165) is 102 Å². The second kappa shape index (κ2) is 74.5. The van der Waals surface area contributed by atoms with Crippen LogP contribution in [-0.2, 0) is 65.4 Å². The Morgan fingerprint density at radius 1 is 0.275 bits per heavy atom. The van der Waals surface area contributed by atoms with Crippen LogP contribution < -0.4 is 0 Å². The first-order valence-electron chi connectivity index (χ1n) is 43.1. The zero-order valence-corrected chi connectivity index (χ0v) is 68.7. The van der Waals surface area contributed by atoms with Crippen molar-refractivity contribution < 1.29 is 80.2 Å². The molecule has 0 aliphatic rings. The lowest BCUT2D eigenvalue weighted by atomic mass is 9.99. The van der Waals surface area contributed by atoms with Crippen molar-refractivity contribution in [3.05, 3.63) is 0 Å². The highest BCUT2D eigenvalue weighted by Gasteiger charge is 2.30. The summed E-state index contributed by atoms with van der Waals surface area (Å²) in [6, 6.07) is 0. The highest BCUT2D eigenvalue weighted by atomic mass is 31.2. The quantitative estimate of drug-likeness (QED) is 0.0222. The lowest BCUT2D eigenvalue weighted by Gasteiger charge is -2.21. The van der Waals surface area contributed by atoms with Gasteiger partial charge in [0.15, 0.2) is 12.2 Å². The monoisotopic (exact) mass is 1490 g/mol. The molecule has 0 radical (unpaired) electrons. The predicted molar refractivity (Wildman–Crippen MR) is 418 cm³/mol. The Kier molecular flexibility index (Phi) is 73.1. The first kappa shape index (κ1) is 100. The molecule has 606 valence electrons. The molecule has 0 heterocycles. The van der Waals surface area contributed by atoms with Crippen LogP contribution in [0, 0.1) is 11.8 Å². The number of hydrogen-bond acceptors (Lipinski definition) is 15. The molecule has 0 amide bonds. The van der Waals surface area contributed by atoms with E-state index in [2.05, 4.69) is 41.5 Å². The lowest BCUT2D eigenvalue weighted by molar-refractivity contribution is -0.161. The number of ether oxygens (including phenoxy) is 4. The van der Waals surface area contributed by atoms with Crippen molar-refractivity contribution in [3.8, 4) is 0 Å². The molecule has 0 aliphatic heterocycles. The molecule has 0 aromatic carbocycles. The molecular weight excluding hydrogens is 1330 g/mol. The zero-order chi connectivity index (χ0) is 74.9. The van der Waals surface area contributed by atoms with Gasteiger partial charge in [-0.25, -0.2) is 9.13 Å². The van der Waals surface area contributed by atoms with E-state index in [-0.39, 0.29) is 25.7 Å². The fourth-order valence-corrected chi connectivity index (χ4v) is 14.4. The third kappa shape index (κ3) is 73.6. The second-order valence-electron chi connectivity index (χ2n) is 30.4. The average Bonchev–Trinajstić information content (AvgIpc) is 0.913. The summed E-state index contributed by atoms with van der Waals surface area (Å²) in [5.41, 5.74) is 0. The Morgan fingerprint density at radius 3 is 0.696 bits per heavy atom. The molecule has 7 atom stereocenters. The minimum atomic E-state index is -4.96. The summed E-state index contributed by atoms with van der Waals surface area (Å²) in [5, 5.41) is 10.6. The summed E-state index contributed by atoms with van der Waals surface area (Å²) in [5.74, 6) is -0.522. The summed E-state index contributed by atoms with van der Waals surface area (Å²) in [7, 11) is -9.92. The maximum atomic E-state index is 13.1. The molecule has 4 unspecified atom stereocenters. The van der Waals surface area contributed by atoms with E-state index in [1.807, 2.05) is 0 Å². The number of carbonyl (C=O) groups is 4. The van der Waals surface area contributed by atoms with Gasteiger partial charge in [-0.05, 0) is 37.5 Å². The van der Waals surface area contributed by atoms with Crippen LogP contribution in [0.25, 0.3) is 0 Å². The van der Waals surface area contributed by atoms with Crippen LogP contribution in [0.3, 0.4) is 0 Å². The van der Waals surface area contributed by atoms with E-state index in [0.29, 0.717) is 25.7 Å². The largest absolute Gasteiger partial charge is 0.472 e. The van der Waals surface area contributed by atoms with E-state index >= 15 is 0 Å². The molecule has 102 heavy (non-hydrogen) atoms. The number of phosphoric acid groups is 2. The minimum absolute atomic E-state index is 0.103. The Hall–Kier alpha value is -1.94. The average molecular weight is 1490 g/mol. The Balaban J connectivity index is 5.16. The standard InChI is InChI=1S/C83H162O17P2/c1-7-11-13-15-17-19-20-21-22-23-24-25-26-30-33-36-39-43-47-54-60-66-81(86)94-71-78(99-82(87)67-61-55-48-44-40-37-34-31-28-27-29-32-35-38-42-45-51-57-63-75(5)9-3)73-97-101(89,90)95-69-77(84)70-96-102(91,92)98-74-79(72-93-80(85)65-59-53-46-41-18-16-14-12-8-2)100-83(88)68-62-56-50-49-52-58-64-76(6)10-4/h75-79,84H,7-74H2,1-6H3,(H,89,90)(H,91,92)/t75?,76?,77-,78-,79-/m1/s1. The van der Waals surface area contributed by atoms with E-state index in [4.69, 9.17) is 37.0 Å². The number of phosphoric ester groups is 2. The van der Waals surface area contributed by atoms with Crippen LogP contribution in [0.15, 0.2) is 0 Å². The fraction of sp³-hybridized carbons (Fsp3) is 0.952. The molecule has 0 rings (SSSR count). The predicted octanol–water partition coefficient (Wildman–Crippen LogP) is 25.1. The van der Waals surface area contributed by atoms with Crippen molar-refractivity contribution in [3.63, 3.8) is 0 Å².